The molecule has 144 valence electrons. The van der Waals surface area contributed by atoms with Gasteiger partial charge >= 0.3 is 0 Å². The predicted molar refractivity (Wildman–Crippen MR) is 120 cm³/mol. The van der Waals surface area contributed by atoms with Crippen molar-refractivity contribution < 1.29 is 4.48 Å². The third-order valence-electron chi connectivity index (χ3n) is 6.03. The van der Waals surface area contributed by atoms with Crippen LogP contribution in [0.15, 0.2) is 88.7 Å². The van der Waals surface area contributed by atoms with Gasteiger partial charge in [0.05, 0.1) is 37.6 Å². The number of hydrogen-bond acceptors (Lipinski definition) is 2. The number of nitrogens with zero attached hydrogens (tertiary/aromatic N) is 2. The van der Waals surface area contributed by atoms with Gasteiger partial charge < -0.3 is 9.38 Å². The number of quaternary nitrogens is 1. The molecule has 0 amide bonds. The lowest BCUT2D eigenvalue weighted by Crippen LogP contribution is -2.50. The molecule has 2 nitrogen and oxygen atoms in total. The lowest BCUT2D eigenvalue weighted by atomic mass is 10.1. The molecule has 1 aliphatic heterocycles. The van der Waals surface area contributed by atoms with Crippen LogP contribution in [0.5, 0.6) is 0 Å². The number of fused-ring (bicyclic) bond motifs is 2. The lowest BCUT2D eigenvalue weighted by molar-refractivity contribution is -0.936. The summed E-state index contributed by atoms with van der Waals surface area (Å²) in [7, 11) is 0. The summed E-state index contributed by atoms with van der Waals surface area (Å²) in [4.78, 5) is 5.25. The molecule has 1 heterocycles. The number of para-hydroxylation sites is 2. The van der Waals surface area contributed by atoms with E-state index in [9.17, 15) is 0 Å². The smallest absolute Gasteiger partial charge is 0.104 e. The van der Waals surface area contributed by atoms with Gasteiger partial charge in [0, 0.05) is 15.4 Å². The fraction of sp³-hybridized carbons (Fsp3) is 0.280. The molecule has 0 spiro atoms. The van der Waals surface area contributed by atoms with Gasteiger partial charge in [-0.2, -0.15) is 0 Å². The normalized spacial score (nSPS) is 13.1. The van der Waals surface area contributed by atoms with Crippen LogP contribution in [0.4, 0.5) is 11.4 Å². The first-order valence-corrected chi connectivity index (χ1v) is 11.1. The lowest BCUT2D eigenvalue weighted by Gasteiger charge is -2.40. The van der Waals surface area contributed by atoms with Crippen molar-refractivity contribution in [2.45, 2.75) is 30.2 Å². The molecule has 28 heavy (non-hydrogen) atoms. The van der Waals surface area contributed by atoms with Crippen molar-refractivity contribution in [1.82, 2.24) is 0 Å². The first-order valence-electron chi connectivity index (χ1n) is 10.3. The predicted octanol–water partition coefficient (Wildman–Crippen LogP) is 6.35. The highest BCUT2D eigenvalue weighted by Crippen LogP contribution is 2.47. The van der Waals surface area contributed by atoms with Crippen LogP contribution < -0.4 is 4.90 Å². The van der Waals surface area contributed by atoms with Crippen molar-refractivity contribution in [1.29, 1.82) is 0 Å². The van der Waals surface area contributed by atoms with Gasteiger partial charge in [-0.1, -0.05) is 66.4 Å². The van der Waals surface area contributed by atoms with E-state index < -0.39 is 0 Å². The average Bonchev–Trinajstić information content (AvgIpc) is 2.76. The summed E-state index contributed by atoms with van der Waals surface area (Å²) in [6.45, 7) is 10.2. The summed E-state index contributed by atoms with van der Waals surface area (Å²) in [6.07, 6.45) is 0. The Hall–Kier alpha value is -2.23. The van der Waals surface area contributed by atoms with E-state index in [4.69, 9.17) is 0 Å². The highest BCUT2D eigenvalue weighted by atomic mass is 32.2. The number of anilines is 2. The highest BCUT2D eigenvalue weighted by molar-refractivity contribution is 7.99. The minimum Gasteiger partial charge on any atom is -0.334 e. The van der Waals surface area contributed by atoms with E-state index in [1.54, 1.807) is 0 Å². The molecule has 0 radical (unpaired) electrons. The maximum absolute atomic E-state index is 2.53. The van der Waals surface area contributed by atoms with E-state index in [-0.39, 0.29) is 0 Å². The molecule has 0 unspecified atom stereocenters. The zero-order valence-corrected chi connectivity index (χ0v) is 17.7. The maximum atomic E-state index is 2.53. The molecule has 3 aromatic carbocycles. The molecule has 0 saturated carbocycles. The summed E-state index contributed by atoms with van der Waals surface area (Å²) in [5.41, 5.74) is 4.12. The van der Waals surface area contributed by atoms with E-state index >= 15 is 0 Å². The number of hydrogen-bond donors (Lipinski definition) is 0. The van der Waals surface area contributed by atoms with Crippen molar-refractivity contribution in [3.8, 4) is 0 Å². The summed E-state index contributed by atoms with van der Waals surface area (Å²) >= 11 is 1.89. The van der Waals surface area contributed by atoms with Gasteiger partial charge in [-0.3, -0.25) is 0 Å². The van der Waals surface area contributed by atoms with Crippen LogP contribution in [0.3, 0.4) is 0 Å². The molecule has 0 atom stereocenters. The molecule has 0 N–H and O–H groups in total. The Labute approximate surface area is 173 Å². The van der Waals surface area contributed by atoms with Crippen LogP contribution in [0.2, 0.25) is 0 Å². The van der Waals surface area contributed by atoms with Crippen LogP contribution in [-0.2, 0) is 6.54 Å². The number of benzene rings is 3. The first kappa shape index (κ1) is 19.1. The fourth-order valence-corrected chi connectivity index (χ4v) is 5.24. The monoisotopic (exact) mass is 389 g/mol. The van der Waals surface area contributed by atoms with E-state index in [0.29, 0.717) is 0 Å². The van der Waals surface area contributed by atoms with Crippen molar-refractivity contribution >= 4 is 23.1 Å². The SMILES string of the molecule is CC[N+](CC)(CCN1c2ccccc2Sc2ccccc21)Cc1ccccc1. The van der Waals surface area contributed by atoms with Gasteiger partial charge in [0.2, 0.25) is 0 Å². The van der Waals surface area contributed by atoms with E-state index in [2.05, 4.69) is 97.6 Å². The fourth-order valence-electron chi connectivity index (χ4n) is 4.15. The van der Waals surface area contributed by atoms with Crippen LogP contribution in [0.25, 0.3) is 0 Å². The van der Waals surface area contributed by atoms with Gasteiger partial charge in [0.1, 0.15) is 6.54 Å². The Morgan fingerprint density at radius 2 is 1.25 bits per heavy atom. The third-order valence-corrected chi connectivity index (χ3v) is 7.16. The van der Waals surface area contributed by atoms with Crippen LogP contribution in [0, 0.1) is 0 Å². The Bertz CT molecular complexity index is 873. The third kappa shape index (κ3) is 3.82. The molecule has 0 saturated heterocycles. The molecule has 3 aromatic rings. The van der Waals surface area contributed by atoms with Crippen molar-refractivity contribution in [3.05, 3.63) is 84.4 Å². The quantitative estimate of drug-likeness (QED) is 0.433. The number of rotatable bonds is 7. The highest BCUT2D eigenvalue weighted by Gasteiger charge is 2.28. The summed E-state index contributed by atoms with van der Waals surface area (Å²) < 4.78 is 1.11. The summed E-state index contributed by atoms with van der Waals surface area (Å²) in [6, 6.07) is 28.6. The Morgan fingerprint density at radius 1 is 0.714 bits per heavy atom. The zero-order valence-electron chi connectivity index (χ0n) is 16.8. The Balaban J connectivity index is 1.61. The van der Waals surface area contributed by atoms with Crippen LogP contribution in [0.1, 0.15) is 19.4 Å². The largest absolute Gasteiger partial charge is 0.334 e. The average molecular weight is 390 g/mol. The summed E-state index contributed by atoms with van der Waals surface area (Å²) in [5, 5.41) is 0. The van der Waals surface area contributed by atoms with Gasteiger partial charge in [-0.25, -0.2) is 0 Å². The molecule has 0 aliphatic carbocycles. The molecule has 0 fully saturated rings. The molecule has 0 aromatic heterocycles. The minimum atomic E-state index is 1.03. The summed E-state index contributed by atoms with van der Waals surface area (Å²) in [5.74, 6) is 0. The molecule has 1 aliphatic rings. The van der Waals surface area contributed by atoms with Gasteiger partial charge in [-0.15, -0.1) is 0 Å². The second-order valence-corrected chi connectivity index (χ2v) is 8.61. The van der Waals surface area contributed by atoms with E-state index in [1.165, 1.54) is 26.7 Å². The number of likely N-dealkylation sites (N-methyl/N-ethyl adjacent to an activating group) is 1. The van der Waals surface area contributed by atoms with Crippen molar-refractivity contribution in [2.24, 2.45) is 0 Å². The maximum Gasteiger partial charge on any atom is 0.104 e. The first-order chi connectivity index (χ1) is 13.7. The Morgan fingerprint density at radius 3 is 1.82 bits per heavy atom. The van der Waals surface area contributed by atoms with Crippen molar-refractivity contribution in [3.63, 3.8) is 0 Å². The van der Waals surface area contributed by atoms with Crippen molar-refractivity contribution in [2.75, 3.05) is 31.1 Å². The van der Waals surface area contributed by atoms with E-state index in [1.807, 2.05) is 11.8 Å². The standard InChI is InChI=1S/C25H29N2S/c1-3-27(4-2,20-21-12-6-5-7-13-21)19-18-26-22-14-8-10-16-24(22)28-25-17-11-9-15-23(25)26/h5-17H,3-4,18-20H2,1-2H3/q+1. The van der Waals surface area contributed by atoms with Crippen LogP contribution in [-0.4, -0.2) is 30.7 Å². The zero-order chi connectivity index (χ0) is 19.4. The van der Waals surface area contributed by atoms with Gasteiger partial charge in [0.25, 0.3) is 0 Å². The minimum absolute atomic E-state index is 1.03. The Kier molecular flexibility index (Phi) is 5.74. The molecular weight excluding hydrogens is 360 g/mol. The topological polar surface area (TPSA) is 3.24 Å². The second kappa shape index (κ2) is 8.42. The van der Waals surface area contributed by atoms with Crippen LogP contribution >= 0.6 is 11.8 Å². The molecular formula is C25H29N2S+. The van der Waals surface area contributed by atoms with Gasteiger partial charge in [0.15, 0.2) is 0 Å². The van der Waals surface area contributed by atoms with Gasteiger partial charge in [-0.05, 0) is 38.1 Å². The molecule has 0 bridgehead atoms. The second-order valence-electron chi connectivity index (χ2n) is 7.53. The molecule has 4 rings (SSSR count). The molecule has 3 heteroatoms. The van der Waals surface area contributed by atoms with E-state index in [0.717, 1.165) is 37.2 Å².